The topological polar surface area (TPSA) is 69.2 Å². The zero-order valence-electron chi connectivity index (χ0n) is 13.5. The summed E-state index contributed by atoms with van der Waals surface area (Å²) in [5.74, 6) is 0.767. The molecule has 0 heterocycles. The number of ether oxygens (including phenoxy) is 3. The molecule has 2 aromatic rings. The van der Waals surface area contributed by atoms with Crippen LogP contribution in [0.2, 0.25) is 5.02 Å². The SMILES string of the molecule is COc1cc(C(=O)N/N=C\c2ccccc2Cl)cc(OC)c1OC. The number of hydrazone groups is 1. The molecule has 24 heavy (non-hydrogen) atoms. The Kier molecular flexibility index (Phi) is 6.03. The van der Waals surface area contributed by atoms with Crippen LogP contribution < -0.4 is 19.6 Å². The standard InChI is InChI=1S/C17H17ClN2O4/c1-22-14-8-12(9-15(23-2)16(14)24-3)17(21)20-19-10-11-6-4-5-7-13(11)18/h4-10H,1-3H3,(H,20,21)/b19-10-. The minimum atomic E-state index is -0.419. The molecule has 0 radical (unpaired) electrons. The summed E-state index contributed by atoms with van der Waals surface area (Å²) in [6.45, 7) is 0. The lowest BCUT2D eigenvalue weighted by Crippen LogP contribution is -2.18. The van der Waals surface area contributed by atoms with Crippen molar-refractivity contribution in [2.24, 2.45) is 5.10 Å². The molecule has 0 atom stereocenters. The number of halogens is 1. The molecule has 1 N–H and O–H groups in total. The lowest BCUT2D eigenvalue weighted by molar-refractivity contribution is 0.0954. The van der Waals surface area contributed by atoms with Gasteiger partial charge in [-0.25, -0.2) is 5.43 Å². The average Bonchev–Trinajstić information content (AvgIpc) is 2.61. The highest BCUT2D eigenvalue weighted by Crippen LogP contribution is 2.38. The Morgan fingerprint density at radius 3 is 2.25 bits per heavy atom. The molecular formula is C17H17ClN2O4. The van der Waals surface area contributed by atoms with Crippen molar-refractivity contribution in [3.63, 3.8) is 0 Å². The van der Waals surface area contributed by atoms with E-state index in [-0.39, 0.29) is 0 Å². The second-order valence-corrected chi connectivity index (χ2v) is 5.04. The van der Waals surface area contributed by atoms with E-state index in [0.717, 1.165) is 0 Å². The zero-order valence-corrected chi connectivity index (χ0v) is 14.3. The van der Waals surface area contributed by atoms with E-state index in [4.69, 9.17) is 25.8 Å². The number of hydrogen-bond acceptors (Lipinski definition) is 5. The Labute approximate surface area is 145 Å². The second-order valence-electron chi connectivity index (χ2n) is 4.63. The predicted molar refractivity (Wildman–Crippen MR) is 92.6 cm³/mol. The van der Waals surface area contributed by atoms with Crippen molar-refractivity contribution in [3.8, 4) is 17.2 Å². The lowest BCUT2D eigenvalue weighted by atomic mass is 10.1. The van der Waals surface area contributed by atoms with Gasteiger partial charge in [-0.2, -0.15) is 5.10 Å². The number of nitrogens with one attached hydrogen (secondary N) is 1. The highest BCUT2D eigenvalue weighted by atomic mass is 35.5. The Balaban J connectivity index is 2.19. The maximum Gasteiger partial charge on any atom is 0.271 e. The fourth-order valence-electron chi connectivity index (χ4n) is 2.02. The first-order valence-electron chi connectivity index (χ1n) is 6.98. The molecule has 0 fully saturated rings. The third-order valence-corrected chi connectivity index (χ3v) is 3.55. The van der Waals surface area contributed by atoms with Crippen LogP contribution in [0.5, 0.6) is 17.2 Å². The van der Waals surface area contributed by atoms with Crippen molar-refractivity contribution in [2.75, 3.05) is 21.3 Å². The summed E-state index contributed by atoms with van der Waals surface area (Å²) < 4.78 is 15.7. The van der Waals surface area contributed by atoms with E-state index in [1.54, 1.807) is 24.3 Å². The summed E-state index contributed by atoms with van der Waals surface area (Å²) in [5.41, 5.74) is 3.45. The maximum atomic E-state index is 12.2. The van der Waals surface area contributed by atoms with Crippen LogP contribution in [-0.4, -0.2) is 33.5 Å². The Hall–Kier alpha value is -2.73. The lowest BCUT2D eigenvalue weighted by Gasteiger charge is -2.13. The third-order valence-electron chi connectivity index (χ3n) is 3.20. The minimum Gasteiger partial charge on any atom is -0.493 e. The van der Waals surface area contributed by atoms with Crippen molar-refractivity contribution < 1.29 is 19.0 Å². The Morgan fingerprint density at radius 2 is 1.71 bits per heavy atom. The number of carbonyl (C=O) groups excluding carboxylic acids is 1. The van der Waals surface area contributed by atoms with Gasteiger partial charge in [0.05, 0.1) is 27.5 Å². The Bertz CT molecular complexity index is 737. The van der Waals surface area contributed by atoms with Crippen LogP contribution in [0.15, 0.2) is 41.5 Å². The molecule has 126 valence electrons. The number of nitrogens with zero attached hydrogens (tertiary/aromatic N) is 1. The number of rotatable bonds is 6. The van der Waals surface area contributed by atoms with Crippen LogP contribution in [0, 0.1) is 0 Å². The van der Waals surface area contributed by atoms with E-state index in [1.165, 1.54) is 27.5 Å². The molecule has 0 unspecified atom stereocenters. The molecule has 0 bridgehead atoms. The van der Waals surface area contributed by atoms with E-state index in [9.17, 15) is 4.79 Å². The van der Waals surface area contributed by atoms with Crippen LogP contribution in [0.1, 0.15) is 15.9 Å². The van der Waals surface area contributed by atoms with E-state index < -0.39 is 5.91 Å². The van der Waals surface area contributed by atoms with E-state index >= 15 is 0 Å². The van der Waals surface area contributed by atoms with Gasteiger partial charge in [-0.05, 0) is 18.2 Å². The van der Waals surface area contributed by atoms with Crippen LogP contribution in [0.3, 0.4) is 0 Å². The number of hydrogen-bond donors (Lipinski definition) is 1. The van der Waals surface area contributed by atoms with Crippen LogP contribution in [0.25, 0.3) is 0 Å². The van der Waals surface area contributed by atoms with Crippen molar-refractivity contribution in [3.05, 3.63) is 52.5 Å². The highest BCUT2D eigenvalue weighted by molar-refractivity contribution is 6.33. The first-order valence-corrected chi connectivity index (χ1v) is 7.36. The van der Waals surface area contributed by atoms with E-state index in [2.05, 4.69) is 10.5 Å². The number of amides is 1. The highest BCUT2D eigenvalue weighted by Gasteiger charge is 2.16. The van der Waals surface area contributed by atoms with Crippen LogP contribution in [0.4, 0.5) is 0 Å². The fourth-order valence-corrected chi connectivity index (χ4v) is 2.20. The smallest absolute Gasteiger partial charge is 0.271 e. The molecule has 0 aliphatic carbocycles. The summed E-state index contributed by atoms with van der Waals surface area (Å²) in [7, 11) is 4.46. The molecule has 2 rings (SSSR count). The maximum absolute atomic E-state index is 12.2. The van der Waals surface area contributed by atoms with Crippen molar-refractivity contribution in [2.45, 2.75) is 0 Å². The zero-order chi connectivity index (χ0) is 17.5. The normalized spacial score (nSPS) is 10.5. The monoisotopic (exact) mass is 348 g/mol. The van der Waals surface area contributed by atoms with Gasteiger partial charge in [-0.1, -0.05) is 29.8 Å². The average molecular weight is 349 g/mol. The molecule has 0 aliphatic heterocycles. The fraction of sp³-hybridized carbons (Fsp3) is 0.176. The summed E-state index contributed by atoms with van der Waals surface area (Å²) in [4.78, 5) is 12.2. The van der Waals surface area contributed by atoms with Gasteiger partial charge in [0, 0.05) is 16.1 Å². The second kappa shape index (κ2) is 8.21. The summed E-state index contributed by atoms with van der Waals surface area (Å²) in [6.07, 6.45) is 1.47. The van der Waals surface area contributed by atoms with Crippen molar-refractivity contribution >= 4 is 23.7 Å². The number of carbonyl (C=O) groups is 1. The predicted octanol–water partition coefficient (Wildman–Crippen LogP) is 3.13. The van der Waals surface area contributed by atoms with Crippen molar-refractivity contribution in [1.29, 1.82) is 0 Å². The molecule has 2 aromatic carbocycles. The first-order chi connectivity index (χ1) is 11.6. The molecule has 1 amide bonds. The van der Waals surface area contributed by atoms with Crippen molar-refractivity contribution in [1.82, 2.24) is 5.43 Å². The molecule has 0 spiro atoms. The number of benzene rings is 2. The van der Waals surface area contributed by atoms with Gasteiger partial charge in [0.15, 0.2) is 11.5 Å². The summed E-state index contributed by atoms with van der Waals surface area (Å²) in [6, 6.07) is 10.3. The molecule has 0 aromatic heterocycles. The van der Waals surface area contributed by atoms with Gasteiger partial charge in [0.2, 0.25) is 5.75 Å². The minimum absolute atomic E-state index is 0.320. The summed E-state index contributed by atoms with van der Waals surface area (Å²) in [5, 5.41) is 4.46. The van der Waals surface area contributed by atoms with Crippen LogP contribution >= 0.6 is 11.6 Å². The molecule has 0 aliphatic rings. The van der Waals surface area contributed by atoms with Gasteiger partial charge >= 0.3 is 0 Å². The van der Waals surface area contributed by atoms with Gasteiger partial charge in [-0.15, -0.1) is 0 Å². The van der Waals surface area contributed by atoms with E-state index in [1.807, 2.05) is 12.1 Å². The largest absolute Gasteiger partial charge is 0.493 e. The molecule has 0 saturated heterocycles. The van der Waals surface area contributed by atoms with Gasteiger partial charge < -0.3 is 14.2 Å². The summed E-state index contributed by atoms with van der Waals surface area (Å²) >= 11 is 6.02. The molecule has 0 saturated carbocycles. The molecular weight excluding hydrogens is 332 g/mol. The Morgan fingerprint density at radius 1 is 1.08 bits per heavy atom. The third kappa shape index (κ3) is 3.97. The first kappa shape index (κ1) is 17.6. The van der Waals surface area contributed by atoms with E-state index in [0.29, 0.717) is 33.4 Å². The van der Waals surface area contributed by atoms with Gasteiger partial charge in [0.1, 0.15) is 0 Å². The molecule has 6 nitrogen and oxygen atoms in total. The van der Waals surface area contributed by atoms with Crippen LogP contribution in [-0.2, 0) is 0 Å². The van der Waals surface area contributed by atoms with Gasteiger partial charge in [0.25, 0.3) is 5.91 Å². The van der Waals surface area contributed by atoms with Gasteiger partial charge in [-0.3, -0.25) is 4.79 Å². The number of methoxy groups -OCH3 is 3. The molecule has 7 heteroatoms. The quantitative estimate of drug-likeness (QED) is 0.643.